The zero-order chi connectivity index (χ0) is 21.8. The van der Waals surface area contributed by atoms with Crippen LogP contribution in [0.5, 0.6) is 17.2 Å². The first-order chi connectivity index (χ1) is 15.1. The number of methoxy groups -OCH3 is 1. The van der Waals surface area contributed by atoms with Gasteiger partial charge in [-0.05, 0) is 60.5 Å². The van der Waals surface area contributed by atoms with Crippen molar-refractivity contribution in [3.05, 3.63) is 78.1 Å². The van der Waals surface area contributed by atoms with Gasteiger partial charge in [-0.2, -0.15) is 0 Å². The number of nitrogens with one attached hydrogen (secondary N) is 1. The second-order valence-corrected chi connectivity index (χ2v) is 6.90. The van der Waals surface area contributed by atoms with E-state index >= 15 is 0 Å². The summed E-state index contributed by atoms with van der Waals surface area (Å²) in [4.78, 5) is 21.1. The Morgan fingerprint density at radius 2 is 1.77 bits per heavy atom. The molecule has 7 heteroatoms. The molecule has 3 N–H and O–H groups in total. The van der Waals surface area contributed by atoms with Gasteiger partial charge in [-0.3, -0.25) is 9.78 Å². The standard InChI is InChI=1S/C24H22N4O3/c1-3-15-8-10-27-23(12-15)28-24(29)16-4-6-17(7-5-16)31-21-9-11-26-20-14-22(30-2)19(25)13-18(20)21/h4-14H,3,25H2,1-2H3,(H,27,28,29). The van der Waals surface area contributed by atoms with Crippen LogP contribution in [-0.4, -0.2) is 23.0 Å². The molecular formula is C24H22N4O3. The molecule has 0 aliphatic rings. The number of fused-ring (bicyclic) bond motifs is 1. The number of nitrogens with two attached hydrogens (primary N) is 1. The van der Waals surface area contributed by atoms with Crippen LogP contribution >= 0.6 is 0 Å². The lowest BCUT2D eigenvalue weighted by Gasteiger charge is -2.11. The molecule has 156 valence electrons. The molecule has 7 nitrogen and oxygen atoms in total. The fourth-order valence-corrected chi connectivity index (χ4v) is 3.18. The molecule has 4 aromatic rings. The first-order valence-electron chi connectivity index (χ1n) is 9.84. The first kappa shape index (κ1) is 20.2. The Kier molecular flexibility index (Phi) is 5.66. The molecule has 2 aromatic heterocycles. The summed E-state index contributed by atoms with van der Waals surface area (Å²) in [6.45, 7) is 2.05. The lowest BCUT2D eigenvalue weighted by Crippen LogP contribution is -2.12. The van der Waals surface area contributed by atoms with Crippen molar-refractivity contribution in [3.8, 4) is 17.2 Å². The number of rotatable bonds is 6. The van der Waals surface area contributed by atoms with E-state index in [1.165, 1.54) is 0 Å². The van der Waals surface area contributed by atoms with E-state index in [1.54, 1.807) is 62.0 Å². The van der Waals surface area contributed by atoms with Crippen molar-refractivity contribution in [2.24, 2.45) is 0 Å². The molecule has 0 spiro atoms. The zero-order valence-electron chi connectivity index (χ0n) is 17.3. The van der Waals surface area contributed by atoms with Crippen LogP contribution in [-0.2, 0) is 6.42 Å². The van der Waals surface area contributed by atoms with E-state index in [0.29, 0.717) is 39.8 Å². The number of nitrogen functional groups attached to an aromatic ring is 1. The second kappa shape index (κ2) is 8.71. The monoisotopic (exact) mass is 414 g/mol. The molecule has 1 amide bonds. The number of amides is 1. The van der Waals surface area contributed by atoms with Gasteiger partial charge in [0.25, 0.3) is 5.91 Å². The Morgan fingerprint density at radius 3 is 2.52 bits per heavy atom. The summed E-state index contributed by atoms with van der Waals surface area (Å²) < 4.78 is 11.3. The number of pyridine rings is 2. The minimum Gasteiger partial charge on any atom is -0.495 e. The van der Waals surface area contributed by atoms with Crippen LogP contribution in [0.2, 0.25) is 0 Å². The zero-order valence-corrected chi connectivity index (χ0v) is 17.3. The third-order valence-electron chi connectivity index (χ3n) is 4.87. The number of hydrogen-bond donors (Lipinski definition) is 2. The Morgan fingerprint density at radius 1 is 1.00 bits per heavy atom. The third-order valence-corrected chi connectivity index (χ3v) is 4.87. The second-order valence-electron chi connectivity index (χ2n) is 6.90. The van der Waals surface area contributed by atoms with Gasteiger partial charge in [0, 0.05) is 29.4 Å². The first-order valence-corrected chi connectivity index (χ1v) is 9.84. The SMILES string of the molecule is CCc1ccnc(NC(=O)c2ccc(Oc3ccnc4cc(OC)c(N)cc34)cc2)c1. The molecule has 0 radical (unpaired) electrons. The van der Waals surface area contributed by atoms with Gasteiger partial charge in [0.15, 0.2) is 0 Å². The van der Waals surface area contributed by atoms with Crippen LogP contribution in [0.4, 0.5) is 11.5 Å². The lowest BCUT2D eigenvalue weighted by atomic mass is 10.1. The maximum absolute atomic E-state index is 12.5. The van der Waals surface area contributed by atoms with Crippen LogP contribution in [0.1, 0.15) is 22.8 Å². The van der Waals surface area contributed by atoms with Gasteiger partial charge in [0.1, 0.15) is 23.1 Å². The number of aryl methyl sites for hydroxylation is 1. The minimum atomic E-state index is -0.235. The van der Waals surface area contributed by atoms with Crippen molar-refractivity contribution >= 4 is 28.3 Å². The van der Waals surface area contributed by atoms with E-state index in [1.807, 2.05) is 12.1 Å². The number of carbonyl (C=O) groups is 1. The van der Waals surface area contributed by atoms with Crippen LogP contribution in [0.15, 0.2) is 67.0 Å². The predicted octanol–water partition coefficient (Wildman–Crippen LogP) is 4.83. The molecule has 0 atom stereocenters. The Bertz CT molecular complexity index is 1240. The molecule has 31 heavy (non-hydrogen) atoms. The number of anilines is 2. The van der Waals surface area contributed by atoms with Crippen molar-refractivity contribution in [2.45, 2.75) is 13.3 Å². The Balaban J connectivity index is 1.52. The number of aromatic nitrogens is 2. The maximum Gasteiger partial charge on any atom is 0.256 e. The summed E-state index contributed by atoms with van der Waals surface area (Å²) in [6, 6.07) is 16.0. The average Bonchev–Trinajstić information content (AvgIpc) is 2.79. The van der Waals surface area contributed by atoms with E-state index in [4.69, 9.17) is 15.2 Å². The van der Waals surface area contributed by atoms with Crippen molar-refractivity contribution in [1.82, 2.24) is 9.97 Å². The quantitative estimate of drug-likeness (QED) is 0.439. The molecule has 0 fully saturated rings. The van der Waals surface area contributed by atoms with Gasteiger partial charge in [0.05, 0.1) is 18.3 Å². The van der Waals surface area contributed by atoms with E-state index in [9.17, 15) is 4.79 Å². The minimum absolute atomic E-state index is 0.235. The van der Waals surface area contributed by atoms with Crippen LogP contribution in [0, 0.1) is 0 Å². The van der Waals surface area contributed by atoms with Gasteiger partial charge in [-0.25, -0.2) is 4.98 Å². The molecule has 0 saturated carbocycles. The van der Waals surface area contributed by atoms with Crippen molar-refractivity contribution in [3.63, 3.8) is 0 Å². The highest BCUT2D eigenvalue weighted by atomic mass is 16.5. The topological polar surface area (TPSA) is 99.4 Å². The number of ether oxygens (including phenoxy) is 2. The number of carbonyl (C=O) groups excluding carboxylic acids is 1. The Hall–Kier alpha value is -4.13. The fraction of sp³-hybridized carbons (Fsp3) is 0.125. The summed E-state index contributed by atoms with van der Waals surface area (Å²) in [5, 5.41) is 3.59. The molecule has 0 unspecified atom stereocenters. The summed E-state index contributed by atoms with van der Waals surface area (Å²) in [5.41, 5.74) is 8.86. The molecule has 0 aliphatic heterocycles. The van der Waals surface area contributed by atoms with E-state index in [2.05, 4.69) is 22.2 Å². The number of benzene rings is 2. The van der Waals surface area contributed by atoms with Crippen molar-refractivity contribution in [2.75, 3.05) is 18.2 Å². The summed E-state index contributed by atoms with van der Waals surface area (Å²) >= 11 is 0. The van der Waals surface area contributed by atoms with E-state index in [-0.39, 0.29) is 5.91 Å². The van der Waals surface area contributed by atoms with Gasteiger partial charge >= 0.3 is 0 Å². The smallest absolute Gasteiger partial charge is 0.256 e. The number of nitrogens with zero attached hydrogens (tertiary/aromatic N) is 2. The third kappa shape index (κ3) is 4.40. The van der Waals surface area contributed by atoms with Gasteiger partial charge in [-0.15, -0.1) is 0 Å². The molecule has 0 bridgehead atoms. The normalized spacial score (nSPS) is 10.6. The molecule has 2 heterocycles. The fourth-order valence-electron chi connectivity index (χ4n) is 3.18. The molecule has 2 aromatic carbocycles. The van der Waals surface area contributed by atoms with E-state index in [0.717, 1.165) is 17.4 Å². The van der Waals surface area contributed by atoms with Gasteiger partial charge in [-0.1, -0.05) is 6.92 Å². The van der Waals surface area contributed by atoms with Gasteiger partial charge < -0.3 is 20.5 Å². The van der Waals surface area contributed by atoms with Crippen molar-refractivity contribution in [1.29, 1.82) is 0 Å². The average molecular weight is 414 g/mol. The highest BCUT2D eigenvalue weighted by molar-refractivity contribution is 6.03. The lowest BCUT2D eigenvalue weighted by molar-refractivity contribution is 0.102. The predicted molar refractivity (Wildman–Crippen MR) is 121 cm³/mol. The van der Waals surface area contributed by atoms with E-state index < -0.39 is 0 Å². The number of hydrogen-bond acceptors (Lipinski definition) is 6. The summed E-state index contributed by atoms with van der Waals surface area (Å²) in [6.07, 6.45) is 4.22. The van der Waals surface area contributed by atoms with Crippen LogP contribution in [0.3, 0.4) is 0 Å². The highest BCUT2D eigenvalue weighted by Crippen LogP contribution is 2.34. The molecular weight excluding hydrogens is 392 g/mol. The summed E-state index contributed by atoms with van der Waals surface area (Å²) in [5.74, 6) is 2.05. The van der Waals surface area contributed by atoms with Gasteiger partial charge in [0.2, 0.25) is 0 Å². The highest BCUT2D eigenvalue weighted by Gasteiger charge is 2.11. The molecule has 0 aliphatic carbocycles. The van der Waals surface area contributed by atoms with Crippen LogP contribution < -0.4 is 20.5 Å². The molecule has 0 saturated heterocycles. The van der Waals surface area contributed by atoms with Crippen molar-refractivity contribution < 1.29 is 14.3 Å². The summed E-state index contributed by atoms with van der Waals surface area (Å²) in [7, 11) is 1.56. The van der Waals surface area contributed by atoms with Crippen LogP contribution in [0.25, 0.3) is 10.9 Å². The largest absolute Gasteiger partial charge is 0.495 e. The maximum atomic E-state index is 12.5. The molecule has 4 rings (SSSR count). The Labute approximate surface area is 179 Å².